The van der Waals surface area contributed by atoms with E-state index in [1.165, 1.54) is 29.2 Å². The quantitative estimate of drug-likeness (QED) is 0.348. The molecule has 0 heterocycles. The zero-order valence-corrected chi connectivity index (χ0v) is 24.0. The van der Waals surface area contributed by atoms with Crippen molar-refractivity contribution >= 4 is 50.7 Å². The summed E-state index contributed by atoms with van der Waals surface area (Å²) >= 11 is 12.6. The molecule has 0 aliphatic carbocycles. The molecule has 0 unspecified atom stereocenters. The molecular formula is C28H31Cl2N3O4S. The number of carbonyl (C=O) groups is 2. The second-order valence-electron chi connectivity index (χ2n) is 9.24. The van der Waals surface area contributed by atoms with E-state index >= 15 is 0 Å². The Kier molecular flexibility index (Phi) is 9.82. The third-order valence-corrected chi connectivity index (χ3v) is 8.46. The van der Waals surface area contributed by atoms with Crippen LogP contribution in [0.3, 0.4) is 0 Å². The Morgan fingerprint density at radius 1 is 0.895 bits per heavy atom. The molecule has 202 valence electrons. The third kappa shape index (κ3) is 7.07. The molecule has 3 rings (SSSR count). The Balaban J connectivity index is 2.06. The molecule has 2 amide bonds. The molecule has 1 atom stereocenters. The fourth-order valence-electron chi connectivity index (χ4n) is 3.80. The number of hydrogen-bond acceptors (Lipinski definition) is 4. The summed E-state index contributed by atoms with van der Waals surface area (Å²) in [5, 5.41) is 2.97. The summed E-state index contributed by atoms with van der Waals surface area (Å²) in [7, 11) is -4.22. The first-order valence-corrected chi connectivity index (χ1v) is 14.3. The maximum Gasteiger partial charge on any atom is 0.264 e. The lowest BCUT2D eigenvalue weighted by molar-refractivity contribution is -0.139. The summed E-state index contributed by atoms with van der Waals surface area (Å²) in [6, 6.07) is 18.9. The van der Waals surface area contributed by atoms with Gasteiger partial charge in [-0.15, -0.1) is 0 Å². The van der Waals surface area contributed by atoms with Gasteiger partial charge in [-0.3, -0.25) is 13.9 Å². The van der Waals surface area contributed by atoms with E-state index in [0.29, 0.717) is 0 Å². The molecule has 0 saturated heterocycles. The van der Waals surface area contributed by atoms with Gasteiger partial charge in [-0.2, -0.15) is 0 Å². The van der Waals surface area contributed by atoms with E-state index in [1.54, 1.807) is 31.2 Å². The van der Waals surface area contributed by atoms with Gasteiger partial charge in [0.05, 0.1) is 20.6 Å². The number of nitrogens with one attached hydrogen (secondary N) is 1. The maximum atomic E-state index is 13.9. The highest BCUT2D eigenvalue weighted by molar-refractivity contribution is 7.92. The van der Waals surface area contributed by atoms with E-state index in [4.69, 9.17) is 23.2 Å². The highest BCUT2D eigenvalue weighted by atomic mass is 35.5. The monoisotopic (exact) mass is 575 g/mol. The lowest BCUT2D eigenvalue weighted by Gasteiger charge is -2.32. The van der Waals surface area contributed by atoms with Crippen LogP contribution in [-0.2, 0) is 26.2 Å². The van der Waals surface area contributed by atoms with E-state index in [2.05, 4.69) is 5.32 Å². The van der Waals surface area contributed by atoms with Crippen LogP contribution in [0.2, 0.25) is 10.0 Å². The largest absolute Gasteiger partial charge is 0.352 e. The molecule has 0 spiro atoms. The van der Waals surface area contributed by atoms with Crippen molar-refractivity contribution in [3.63, 3.8) is 0 Å². The van der Waals surface area contributed by atoms with Crippen molar-refractivity contribution < 1.29 is 18.0 Å². The number of sulfonamides is 1. The van der Waals surface area contributed by atoms with Crippen LogP contribution < -0.4 is 9.62 Å². The van der Waals surface area contributed by atoms with Crippen molar-refractivity contribution in [3.8, 4) is 0 Å². The standard InChI is InChI=1S/C28H31Cl2N3O4S/c1-19(2)31-28(35)21(4)32(17-22-15-13-20(3)14-16-22)26(34)18-33(25-12-8-11-24(29)27(25)30)38(36,37)23-9-6-5-7-10-23/h5-16,19,21H,17-18H2,1-4H3,(H,31,35)/t21-/m0/s1. The molecule has 0 aromatic heterocycles. The van der Waals surface area contributed by atoms with Crippen molar-refractivity contribution in [1.29, 1.82) is 0 Å². The minimum atomic E-state index is -4.22. The highest BCUT2D eigenvalue weighted by Crippen LogP contribution is 2.35. The van der Waals surface area contributed by atoms with Crippen molar-refractivity contribution in [2.75, 3.05) is 10.8 Å². The van der Waals surface area contributed by atoms with E-state index in [1.807, 2.05) is 45.0 Å². The average Bonchev–Trinajstić information content (AvgIpc) is 2.88. The van der Waals surface area contributed by atoms with Crippen LogP contribution in [0.15, 0.2) is 77.7 Å². The Bertz CT molecular complexity index is 1380. The molecule has 0 radical (unpaired) electrons. The van der Waals surface area contributed by atoms with Gasteiger partial charge in [-0.1, -0.05) is 77.3 Å². The first kappa shape index (κ1) is 29.5. The van der Waals surface area contributed by atoms with E-state index in [-0.39, 0.29) is 39.1 Å². The SMILES string of the molecule is Cc1ccc(CN(C(=O)CN(c2cccc(Cl)c2Cl)S(=O)(=O)c2ccccc2)[C@@H](C)C(=O)NC(C)C)cc1. The van der Waals surface area contributed by atoms with Gasteiger partial charge < -0.3 is 10.2 Å². The Hall–Kier alpha value is -3.07. The number of anilines is 1. The molecule has 0 bridgehead atoms. The molecule has 3 aromatic rings. The molecule has 0 aliphatic rings. The van der Waals surface area contributed by atoms with Gasteiger partial charge in [0.1, 0.15) is 12.6 Å². The number of aryl methyl sites for hydroxylation is 1. The Labute approximate surface area is 234 Å². The van der Waals surface area contributed by atoms with Gasteiger partial charge in [-0.05, 0) is 57.5 Å². The molecule has 3 aromatic carbocycles. The fourth-order valence-corrected chi connectivity index (χ4v) is 5.69. The number of hydrogen-bond donors (Lipinski definition) is 1. The normalized spacial score (nSPS) is 12.2. The summed E-state index contributed by atoms with van der Waals surface area (Å²) in [6.07, 6.45) is 0. The summed E-state index contributed by atoms with van der Waals surface area (Å²) in [5.74, 6) is -0.925. The first-order valence-electron chi connectivity index (χ1n) is 12.1. The molecule has 1 N–H and O–H groups in total. The van der Waals surface area contributed by atoms with Crippen LogP contribution >= 0.6 is 23.2 Å². The van der Waals surface area contributed by atoms with Gasteiger partial charge in [0.2, 0.25) is 11.8 Å². The maximum absolute atomic E-state index is 13.9. The third-order valence-electron chi connectivity index (χ3n) is 5.88. The van der Waals surface area contributed by atoms with Crippen LogP contribution in [0.5, 0.6) is 0 Å². The van der Waals surface area contributed by atoms with Gasteiger partial charge in [0.15, 0.2) is 0 Å². The second-order valence-corrected chi connectivity index (χ2v) is 11.9. The second kappa shape index (κ2) is 12.7. The van der Waals surface area contributed by atoms with Crippen LogP contribution in [-0.4, -0.2) is 43.8 Å². The lowest BCUT2D eigenvalue weighted by Crippen LogP contribution is -2.52. The molecule has 0 fully saturated rings. The molecule has 38 heavy (non-hydrogen) atoms. The van der Waals surface area contributed by atoms with Gasteiger partial charge >= 0.3 is 0 Å². The summed E-state index contributed by atoms with van der Waals surface area (Å²) in [6.45, 7) is 6.73. The number of rotatable bonds is 10. The zero-order valence-electron chi connectivity index (χ0n) is 21.7. The minimum Gasteiger partial charge on any atom is -0.352 e. The Morgan fingerprint density at radius 3 is 2.13 bits per heavy atom. The van der Waals surface area contributed by atoms with Gasteiger partial charge in [0.25, 0.3) is 10.0 Å². The molecule has 7 nitrogen and oxygen atoms in total. The fraction of sp³-hybridized carbons (Fsp3) is 0.286. The predicted molar refractivity (Wildman–Crippen MR) is 152 cm³/mol. The molecule has 10 heteroatoms. The van der Waals surface area contributed by atoms with Crippen LogP contribution in [0.25, 0.3) is 0 Å². The number of amides is 2. The summed E-state index contributed by atoms with van der Waals surface area (Å²) < 4.78 is 28.5. The molecule has 0 saturated carbocycles. The van der Waals surface area contributed by atoms with Crippen molar-refractivity contribution in [2.24, 2.45) is 0 Å². The number of nitrogens with zero attached hydrogens (tertiary/aromatic N) is 2. The van der Waals surface area contributed by atoms with Crippen molar-refractivity contribution in [1.82, 2.24) is 10.2 Å². The minimum absolute atomic E-state index is 0.00263. The van der Waals surface area contributed by atoms with E-state index in [0.717, 1.165) is 15.4 Å². The Morgan fingerprint density at radius 2 is 1.53 bits per heavy atom. The van der Waals surface area contributed by atoms with Crippen LogP contribution in [0, 0.1) is 6.92 Å². The van der Waals surface area contributed by atoms with Crippen molar-refractivity contribution in [3.05, 3.63) is 94.0 Å². The topological polar surface area (TPSA) is 86.8 Å². The smallest absolute Gasteiger partial charge is 0.264 e. The van der Waals surface area contributed by atoms with Gasteiger partial charge in [0, 0.05) is 12.6 Å². The summed E-state index contributed by atoms with van der Waals surface area (Å²) in [5.41, 5.74) is 1.91. The molecule has 0 aliphatic heterocycles. The van der Waals surface area contributed by atoms with Crippen LogP contribution in [0.4, 0.5) is 5.69 Å². The number of halogens is 2. The van der Waals surface area contributed by atoms with Crippen LogP contribution in [0.1, 0.15) is 31.9 Å². The van der Waals surface area contributed by atoms with E-state index in [9.17, 15) is 18.0 Å². The first-order chi connectivity index (χ1) is 17.9. The lowest BCUT2D eigenvalue weighted by atomic mass is 10.1. The summed E-state index contributed by atoms with van der Waals surface area (Å²) in [4.78, 5) is 28.2. The van der Waals surface area contributed by atoms with Crippen molar-refractivity contribution in [2.45, 2.75) is 51.2 Å². The zero-order chi connectivity index (χ0) is 28.0. The predicted octanol–water partition coefficient (Wildman–Crippen LogP) is 5.44. The highest BCUT2D eigenvalue weighted by Gasteiger charge is 2.33. The molecular weight excluding hydrogens is 545 g/mol. The van der Waals surface area contributed by atoms with E-state index < -0.39 is 28.5 Å². The number of benzene rings is 3. The average molecular weight is 577 g/mol. The van der Waals surface area contributed by atoms with Gasteiger partial charge in [-0.25, -0.2) is 8.42 Å². The number of carbonyl (C=O) groups excluding carboxylic acids is 2.